The van der Waals surface area contributed by atoms with E-state index in [1.807, 2.05) is 12.1 Å². The topological polar surface area (TPSA) is 26.3 Å². The molecule has 3 heteroatoms. The number of carbonyl (C=O) groups excluding carboxylic acids is 1. The molecule has 0 saturated carbocycles. The van der Waals surface area contributed by atoms with Crippen molar-refractivity contribution < 1.29 is 9.53 Å². The van der Waals surface area contributed by atoms with Crippen molar-refractivity contribution in [1.29, 1.82) is 0 Å². The molecule has 7 rings (SSSR count). The molecule has 0 unspecified atom stereocenters. The van der Waals surface area contributed by atoms with Crippen LogP contribution in [-0.4, -0.2) is 11.5 Å². The van der Waals surface area contributed by atoms with E-state index in [4.69, 9.17) is 4.74 Å². The summed E-state index contributed by atoms with van der Waals surface area (Å²) in [6, 6.07) is 37.8. The molecule has 2 nitrogen and oxygen atoms in total. The Balaban J connectivity index is 1.31. The Morgan fingerprint density at radius 1 is 0.730 bits per heavy atom. The Morgan fingerprint density at radius 2 is 1.43 bits per heavy atom. The Kier molecular flexibility index (Phi) is 5.26. The van der Waals surface area contributed by atoms with E-state index in [0.29, 0.717) is 6.42 Å². The molecule has 0 bridgehead atoms. The normalized spacial score (nSPS) is 15.6. The molecule has 0 aliphatic carbocycles. The first kappa shape index (κ1) is 22.1. The molecular weight excluding hydrogens is 472 g/mol. The number of rotatable bonds is 3. The maximum absolute atomic E-state index is 12.5. The van der Waals surface area contributed by atoms with Crippen LogP contribution in [0, 0.1) is 0 Å². The Morgan fingerprint density at radius 3 is 2.19 bits per heavy atom. The van der Waals surface area contributed by atoms with Crippen molar-refractivity contribution in [3.63, 3.8) is 0 Å². The lowest BCUT2D eigenvalue weighted by Gasteiger charge is -2.36. The van der Waals surface area contributed by atoms with Crippen LogP contribution < -0.4 is 4.74 Å². The van der Waals surface area contributed by atoms with Gasteiger partial charge in [-0.25, -0.2) is 0 Å². The van der Waals surface area contributed by atoms with Gasteiger partial charge in [-0.05, 0) is 58.3 Å². The van der Waals surface area contributed by atoms with Crippen LogP contribution in [0.25, 0.3) is 28.0 Å². The summed E-state index contributed by atoms with van der Waals surface area (Å²) >= 11 is 1.77. The second kappa shape index (κ2) is 8.79. The quantitative estimate of drug-likeness (QED) is 0.250. The zero-order chi connectivity index (χ0) is 24.8. The fourth-order valence-electron chi connectivity index (χ4n) is 5.47. The number of benzene rings is 5. The smallest absolute Gasteiger partial charge is 0.178 e. The summed E-state index contributed by atoms with van der Waals surface area (Å²) in [7, 11) is 0. The Hall–Kier alpha value is -4.08. The number of fused-ring (bicyclic) bond motifs is 4. The largest absolute Gasteiger partial charge is 0.473 e. The molecule has 2 aliphatic heterocycles. The molecule has 0 spiro atoms. The van der Waals surface area contributed by atoms with Crippen LogP contribution >= 0.6 is 11.8 Å². The van der Waals surface area contributed by atoms with Gasteiger partial charge < -0.3 is 4.74 Å². The van der Waals surface area contributed by atoms with E-state index in [0.717, 1.165) is 60.6 Å². The summed E-state index contributed by atoms with van der Waals surface area (Å²) in [6.45, 7) is 0. The monoisotopic (exact) mass is 496 g/mol. The van der Waals surface area contributed by atoms with Crippen molar-refractivity contribution in [2.45, 2.75) is 16.9 Å². The minimum Gasteiger partial charge on any atom is -0.473 e. The molecular formula is C34H24O2S. The average molecular weight is 497 g/mol. The van der Waals surface area contributed by atoms with Gasteiger partial charge in [0, 0.05) is 39.3 Å². The molecule has 0 radical (unpaired) electrons. The lowest BCUT2D eigenvalue weighted by Crippen LogP contribution is -2.34. The molecule has 0 amide bonds. The first-order chi connectivity index (χ1) is 18.2. The van der Waals surface area contributed by atoms with Crippen molar-refractivity contribution in [3.05, 3.63) is 138 Å². The summed E-state index contributed by atoms with van der Waals surface area (Å²) in [5.41, 5.74) is 5.64. The number of Topliss-reactive ketones (excluding diaryl/α,β-unsaturated/α-hetero) is 1. The zero-order valence-corrected chi connectivity index (χ0v) is 21.0. The number of carbonyl (C=O) groups is 1. The van der Waals surface area contributed by atoms with E-state index in [1.165, 1.54) is 0 Å². The number of ether oxygens (including phenoxy) is 1. The average Bonchev–Trinajstić information content (AvgIpc) is 2.97. The minimum atomic E-state index is -0.684. The van der Waals surface area contributed by atoms with Gasteiger partial charge >= 0.3 is 0 Å². The SMILES string of the molecule is O=C1CCSc2ccc(-c3ccc4c5c(ccc4c3)OC(c3ccccc3)(c3ccccc3)C=C5)cc21. The van der Waals surface area contributed by atoms with Gasteiger partial charge in [-0.1, -0.05) is 84.9 Å². The van der Waals surface area contributed by atoms with Crippen LogP contribution in [0.2, 0.25) is 0 Å². The van der Waals surface area contributed by atoms with Crippen LogP contribution in [0.4, 0.5) is 0 Å². The van der Waals surface area contributed by atoms with Crippen LogP contribution in [0.15, 0.2) is 120 Å². The van der Waals surface area contributed by atoms with Crippen molar-refractivity contribution >= 4 is 34.4 Å². The highest BCUT2D eigenvalue weighted by molar-refractivity contribution is 7.99. The molecule has 0 aromatic heterocycles. The van der Waals surface area contributed by atoms with Crippen LogP contribution in [0.1, 0.15) is 33.5 Å². The standard InChI is InChI=1S/C34H24O2S/c35-31-18-20-37-33-16-13-24(22-30(31)33)23-11-14-28-25(21-23)12-15-32-29(28)17-19-34(36-32,26-7-3-1-4-8-26)27-9-5-2-6-10-27/h1-17,19,21-22H,18,20H2. The fraction of sp³-hybridized carbons (Fsp3) is 0.0882. The van der Waals surface area contributed by atoms with Crippen molar-refractivity contribution in [3.8, 4) is 16.9 Å². The van der Waals surface area contributed by atoms with Gasteiger partial charge in [-0.2, -0.15) is 0 Å². The van der Waals surface area contributed by atoms with E-state index >= 15 is 0 Å². The molecule has 37 heavy (non-hydrogen) atoms. The Labute approximate surface area is 220 Å². The fourth-order valence-corrected chi connectivity index (χ4v) is 6.47. The number of ketones is 1. The first-order valence-corrected chi connectivity index (χ1v) is 13.6. The van der Waals surface area contributed by atoms with Crippen molar-refractivity contribution in [2.24, 2.45) is 0 Å². The molecule has 5 aromatic rings. The molecule has 0 atom stereocenters. The summed E-state index contributed by atoms with van der Waals surface area (Å²) in [4.78, 5) is 13.6. The van der Waals surface area contributed by atoms with Gasteiger partial charge in [-0.15, -0.1) is 11.8 Å². The summed E-state index contributed by atoms with van der Waals surface area (Å²) < 4.78 is 6.86. The third-order valence-corrected chi connectivity index (χ3v) is 8.46. The maximum atomic E-state index is 12.5. The van der Waals surface area contributed by atoms with Gasteiger partial charge in [0.05, 0.1) is 0 Å². The molecule has 0 N–H and O–H groups in total. The second-order valence-electron chi connectivity index (χ2n) is 9.55. The third kappa shape index (κ3) is 3.70. The number of hydrogen-bond donors (Lipinski definition) is 0. The predicted molar refractivity (Wildman–Crippen MR) is 152 cm³/mol. The molecule has 178 valence electrons. The second-order valence-corrected chi connectivity index (χ2v) is 10.7. The molecule has 0 saturated heterocycles. The van der Waals surface area contributed by atoms with E-state index in [9.17, 15) is 4.79 Å². The van der Waals surface area contributed by atoms with Crippen LogP contribution in [0.5, 0.6) is 5.75 Å². The van der Waals surface area contributed by atoms with Gasteiger partial charge in [0.1, 0.15) is 5.75 Å². The highest BCUT2D eigenvalue weighted by atomic mass is 32.2. The lowest BCUT2D eigenvalue weighted by atomic mass is 9.83. The zero-order valence-electron chi connectivity index (χ0n) is 20.2. The molecule has 2 aliphatic rings. The van der Waals surface area contributed by atoms with Crippen molar-refractivity contribution in [2.75, 3.05) is 5.75 Å². The van der Waals surface area contributed by atoms with Gasteiger partial charge in [0.2, 0.25) is 0 Å². The van der Waals surface area contributed by atoms with E-state index in [2.05, 4.69) is 109 Å². The molecule has 2 heterocycles. The summed E-state index contributed by atoms with van der Waals surface area (Å²) in [5, 5.41) is 2.30. The van der Waals surface area contributed by atoms with Gasteiger partial charge in [0.15, 0.2) is 11.4 Å². The predicted octanol–water partition coefficient (Wildman–Crippen LogP) is 8.53. The van der Waals surface area contributed by atoms with Gasteiger partial charge in [-0.3, -0.25) is 4.79 Å². The van der Waals surface area contributed by atoms with E-state index < -0.39 is 5.60 Å². The third-order valence-electron chi connectivity index (χ3n) is 7.38. The number of hydrogen-bond acceptors (Lipinski definition) is 3. The van der Waals surface area contributed by atoms with Crippen LogP contribution in [0.3, 0.4) is 0 Å². The van der Waals surface area contributed by atoms with E-state index in [-0.39, 0.29) is 5.78 Å². The first-order valence-electron chi connectivity index (χ1n) is 12.6. The van der Waals surface area contributed by atoms with Gasteiger partial charge in [0.25, 0.3) is 0 Å². The molecule has 5 aromatic carbocycles. The van der Waals surface area contributed by atoms with Crippen molar-refractivity contribution in [1.82, 2.24) is 0 Å². The minimum absolute atomic E-state index is 0.244. The highest BCUT2D eigenvalue weighted by Gasteiger charge is 2.37. The summed E-state index contributed by atoms with van der Waals surface area (Å²) in [6.07, 6.45) is 5.00. The lowest BCUT2D eigenvalue weighted by molar-refractivity contribution is 0.0985. The highest BCUT2D eigenvalue weighted by Crippen LogP contribution is 2.44. The molecule has 0 fully saturated rings. The number of thioether (sulfide) groups is 1. The maximum Gasteiger partial charge on any atom is 0.178 e. The van der Waals surface area contributed by atoms with Crippen LogP contribution in [-0.2, 0) is 5.60 Å². The Bertz CT molecular complexity index is 1650. The summed E-state index contributed by atoms with van der Waals surface area (Å²) in [5.74, 6) is 1.98. The van der Waals surface area contributed by atoms with E-state index in [1.54, 1.807) is 11.8 Å².